The first-order valence-corrected chi connectivity index (χ1v) is 7.46. The standard InChI is InChI=1S/C15H15N3OS/c1-12-5-7-13(8-6-12)20-11-10-18-15(19)17-9-3-2-4-14(17)16-18/h2-9H,10-11H2,1H3. The Kier molecular flexibility index (Phi) is 3.60. The smallest absolute Gasteiger partial charge is 0.250 e. The van der Waals surface area contributed by atoms with Crippen LogP contribution in [0.4, 0.5) is 0 Å². The Labute approximate surface area is 121 Å². The van der Waals surface area contributed by atoms with Gasteiger partial charge in [0.2, 0.25) is 0 Å². The molecule has 20 heavy (non-hydrogen) atoms. The average molecular weight is 285 g/mol. The zero-order valence-corrected chi connectivity index (χ0v) is 12.0. The van der Waals surface area contributed by atoms with Crippen molar-refractivity contribution in [3.05, 3.63) is 64.7 Å². The largest absolute Gasteiger partial charge is 0.350 e. The van der Waals surface area contributed by atoms with E-state index in [9.17, 15) is 4.79 Å². The van der Waals surface area contributed by atoms with Gasteiger partial charge in [0.25, 0.3) is 0 Å². The van der Waals surface area contributed by atoms with Gasteiger partial charge in [-0.1, -0.05) is 23.8 Å². The lowest BCUT2D eigenvalue weighted by Crippen LogP contribution is -2.21. The Hall–Kier alpha value is -2.01. The summed E-state index contributed by atoms with van der Waals surface area (Å²) in [6.07, 6.45) is 1.74. The second-order valence-electron chi connectivity index (χ2n) is 4.60. The first-order chi connectivity index (χ1) is 9.74. The maximum Gasteiger partial charge on any atom is 0.350 e. The second-order valence-corrected chi connectivity index (χ2v) is 5.76. The van der Waals surface area contributed by atoms with Crippen LogP contribution in [0.1, 0.15) is 5.56 Å². The van der Waals surface area contributed by atoms with Gasteiger partial charge in [-0.3, -0.25) is 4.40 Å². The lowest BCUT2D eigenvalue weighted by Gasteiger charge is -2.01. The van der Waals surface area contributed by atoms with Crippen LogP contribution in [0.15, 0.2) is 58.4 Å². The molecule has 0 aliphatic rings. The number of pyridine rings is 1. The third-order valence-electron chi connectivity index (χ3n) is 3.08. The summed E-state index contributed by atoms with van der Waals surface area (Å²) in [5.74, 6) is 0.826. The molecule has 2 heterocycles. The lowest BCUT2D eigenvalue weighted by molar-refractivity contribution is 0.640. The van der Waals surface area contributed by atoms with E-state index in [2.05, 4.69) is 36.3 Å². The molecule has 2 aromatic heterocycles. The third-order valence-corrected chi connectivity index (χ3v) is 4.07. The van der Waals surface area contributed by atoms with Gasteiger partial charge in [-0.15, -0.1) is 16.9 Å². The molecule has 0 aliphatic carbocycles. The highest BCUT2D eigenvalue weighted by atomic mass is 32.2. The summed E-state index contributed by atoms with van der Waals surface area (Å²) in [7, 11) is 0. The van der Waals surface area contributed by atoms with Crippen molar-refractivity contribution in [3.63, 3.8) is 0 Å². The van der Waals surface area contributed by atoms with Crippen LogP contribution in [0.3, 0.4) is 0 Å². The molecule has 102 valence electrons. The zero-order chi connectivity index (χ0) is 13.9. The normalized spacial score (nSPS) is 11.1. The fraction of sp³-hybridized carbons (Fsp3) is 0.200. The fourth-order valence-corrected chi connectivity index (χ4v) is 2.83. The van der Waals surface area contributed by atoms with Gasteiger partial charge in [0.05, 0.1) is 6.54 Å². The van der Waals surface area contributed by atoms with E-state index >= 15 is 0 Å². The van der Waals surface area contributed by atoms with Crippen LogP contribution in [-0.4, -0.2) is 19.9 Å². The molecule has 4 nitrogen and oxygen atoms in total. The van der Waals surface area contributed by atoms with Crippen molar-refractivity contribution in [1.82, 2.24) is 14.2 Å². The van der Waals surface area contributed by atoms with Gasteiger partial charge in [-0.25, -0.2) is 9.48 Å². The van der Waals surface area contributed by atoms with Crippen molar-refractivity contribution < 1.29 is 0 Å². The summed E-state index contributed by atoms with van der Waals surface area (Å²) in [5, 5.41) is 4.31. The molecule has 0 bridgehead atoms. The number of hydrogen-bond acceptors (Lipinski definition) is 3. The fourth-order valence-electron chi connectivity index (χ4n) is 2.00. The molecule has 0 aliphatic heterocycles. The van der Waals surface area contributed by atoms with E-state index in [1.165, 1.54) is 15.1 Å². The minimum absolute atomic E-state index is 0.0786. The first kappa shape index (κ1) is 13.0. The molecule has 0 saturated carbocycles. The minimum atomic E-state index is -0.0786. The highest BCUT2D eigenvalue weighted by Crippen LogP contribution is 2.18. The van der Waals surface area contributed by atoms with Gasteiger partial charge in [0, 0.05) is 16.8 Å². The number of aromatic nitrogens is 3. The Morgan fingerprint density at radius 3 is 2.70 bits per heavy atom. The summed E-state index contributed by atoms with van der Waals surface area (Å²) in [4.78, 5) is 13.3. The van der Waals surface area contributed by atoms with E-state index in [1.54, 1.807) is 22.4 Å². The Bertz CT molecular complexity index is 774. The molecule has 0 saturated heterocycles. The molecule has 0 N–H and O–H groups in total. The van der Waals surface area contributed by atoms with Crippen LogP contribution in [0, 0.1) is 6.92 Å². The van der Waals surface area contributed by atoms with Crippen molar-refractivity contribution in [2.45, 2.75) is 18.4 Å². The molecule has 0 unspecified atom stereocenters. The van der Waals surface area contributed by atoms with Crippen molar-refractivity contribution in [1.29, 1.82) is 0 Å². The third kappa shape index (κ3) is 2.63. The van der Waals surface area contributed by atoms with Crippen LogP contribution in [0.25, 0.3) is 5.65 Å². The lowest BCUT2D eigenvalue weighted by atomic mass is 10.2. The predicted octanol–water partition coefficient (Wildman–Crippen LogP) is 2.60. The zero-order valence-electron chi connectivity index (χ0n) is 11.2. The van der Waals surface area contributed by atoms with Gasteiger partial charge in [-0.05, 0) is 31.2 Å². The molecule has 0 amide bonds. The van der Waals surface area contributed by atoms with Crippen molar-refractivity contribution in [2.75, 3.05) is 5.75 Å². The van der Waals surface area contributed by atoms with Crippen LogP contribution >= 0.6 is 11.8 Å². The summed E-state index contributed by atoms with van der Waals surface area (Å²) >= 11 is 1.73. The van der Waals surface area contributed by atoms with Gasteiger partial charge < -0.3 is 0 Å². The summed E-state index contributed by atoms with van der Waals surface area (Å²) in [6, 6.07) is 14.0. The topological polar surface area (TPSA) is 39.3 Å². The molecule has 5 heteroatoms. The number of hydrogen-bond donors (Lipinski definition) is 0. The maximum absolute atomic E-state index is 12.1. The average Bonchev–Trinajstić information content (AvgIpc) is 2.78. The molecule has 0 fully saturated rings. The Morgan fingerprint density at radius 1 is 1.15 bits per heavy atom. The molecule has 3 rings (SSSR count). The summed E-state index contributed by atoms with van der Waals surface area (Å²) in [5.41, 5.74) is 1.87. The highest BCUT2D eigenvalue weighted by molar-refractivity contribution is 7.99. The van der Waals surface area contributed by atoms with E-state index in [-0.39, 0.29) is 5.69 Å². The quantitative estimate of drug-likeness (QED) is 0.692. The SMILES string of the molecule is Cc1ccc(SCCn2nc3ccccn3c2=O)cc1. The maximum atomic E-state index is 12.1. The second kappa shape index (κ2) is 5.54. The van der Waals surface area contributed by atoms with Crippen LogP contribution in [0.2, 0.25) is 0 Å². The van der Waals surface area contributed by atoms with E-state index in [0.29, 0.717) is 12.2 Å². The molecule has 3 aromatic rings. The molecular weight excluding hydrogens is 270 g/mol. The van der Waals surface area contributed by atoms with Gasteiger partial charge >= 0.3 is 5.69 Å². The highest BCUT2D eigenvalue weighted by Gasteiger charge is 2.05. The Morgan fingerprint density at radius 2 is 1.95 bits per heavy atom. The molecular formula is C15H15N3OS. The van der Waals surface area contributed by atoms with Crippen molar-refractivity contribution in [3.8, 4) is 0 Å². The number of benzene rings is 1. The predicted molar refractivity (Wildman–Crippen MR) is 81.4 cm³/mol. The first-order valence-electron chi connectivity index (χ1n) is 6.48. The van der Waals surface area contributed by atoms with Crippen molar-refractivity contribution in [2.24, 2.45) is 0 Å². The van der Waals surface area contributed by atoms with E-state index in [1.807, 2.05) is 18.2 Å². The van der Waals surface area contributed by atoms with Crippen LogP contribution < -0.4 is 5.69 Å². The number of thioether (sulfide) groups is 1. The minimum Gasteiger partial charge on any atom is -0.250 e. The number of aryl methyl sites for hydroxylation is 2. The van der Waals surface area contributed by atoms with E-state index in [0.717, 1.165) is 5.75 Å². The van der Waals surface area contributed by atoms with Gasteiger partial charge in [-0.2, -0.15) is 0 Å². The van der Waals surface area contributed by atoms with Crippen LogP contribution in [-0.2, 0) is 6.54 Å². The molecule has 0 atom stereocenters. The molecule has 0 spiro atoms. The number of rotatable bonds is 4. The molecule has 0 radical (unpaired) electrons. The summed E-state index contributed by atoms with van der Waals surface area (Å²) in [6.45, 7) is 2.68. The monoisotopic (exact) mass is 285 g/mol. The van der Waals surface area contributed by atoms with E-state index < -0.39 is 0 Å². The van der Waals surface area contributed by atoms with E-state index in [4.69, 9.17) is 0 Å². The summed E-state index contributed by atoms with van der Waals surface area (Å²) < 4.78 is 3.09. The molecule has 1 aromatic carbocycles. The van der Waals surface area contributed by atoms with Crippen molar-refractivity contribution >= 4 is 17.4 Å². The number of nitrogens with zero attached hydrogens (tertiary/aromatic N) is 3. The van der Waals surface area contributed by atoms with Gasteiger partial charge in [0.15, 0.2) is 5.65 Å². The Balaban J connectivity index is 1.69. The van der Waals surface area contributed by atoms with Gasteiger partial charge in [0.1, 0.15) is 0 Å². The number of fused-ring (bicyclic) bond motifs is 1. The van der Waals surface area contributed by atoms with Crippen LogP contribution in [0.5, 0.6) is 0 Å².